The molecule has 304 valence electrons. The normalized spacial score (nSPS) is 14.2. The molecule has 0 bridgehead atoms. The number of carbonyl (C=O) groups is 1. The third-order valence-electron chi connectivity index (χ3n) is 10.7. The van der Waals surface area contributed by atoms with Crippen molar-refractivity contribution in [1.82, 2.24) is 5.32 Å². The van der Waals surface area contributed by atoms with Gasteiger partial charge in [-0.1, -0.05) is 212 Å². The molecule has 51 heavy (non-hydrogen) atoms. The van der Waals surface area contributed by atoms with Crippen molar-refractivity contribution in [3.05, 3.63) is 12.2 Å². The Morgan fingerprint density at radius 2 is 0.784 bits per heavy atom. The molecule has 0 radical (unpaired) electrons. The number of carbonyl (C=O) groups excluding carboxylic acids is 1. The molecule has 0 fully saturated rings. The first-order valence-corrected chi connectivity index (χ1v) is 22.6. The molecule has 0 aliphatic carbocycles. The minimum absolute atomic E-state index is 0.369. The fourth-order valence-electron chi connectivity index (χ4n) is 7.11. The molecule has 0 heterocycles. The first-order chi connectivity index (χ1) is 25.0. The molecule has 5 N–H and O–H groups in total. The average molecular weight is 724 g/mol. The summed E-state index contributed by atoms with van der Waals surface area (Å²) in [6.07, 6.45) is 44.0. The van der Waals surface area contributed by atoms with Crippen LogP contribution < -0.4 is 5.32 Å². The maximum Gasteiger partial charge on any atom is 0.249 e. The van der Waals surface area contributed by atoms with Crippen molar-refractivity contribution in [1.29, 1.82) is 0 Å². The molecule has 4 unspecified atom stereocenters. The second kappa shape index (κ2) is 40.2. The third-order valence-corrected chi connectivity index (χ3v) is 10.7. The maximum absolute atomic E-state index is 12.5. The molecule has 0 spiro atoms. The summed E-state index contributed by atoms with van der Waals surface area (Å²) in [5.74, 6) is -0.585. The number of hydrogen-bond acceptors (Lipinski definition) is 5. The van der Waals surface area contributed by atoms with E-state index in [0.717, 1.165) is 38.5 Å². The van der Waals surface area contributed by atoms with E-state index < -0.39 is 36.9 Å². The molecule has 0 aliphatic rings. The van der Waals surface area contributed by atoms with Crippen molar-refractivity contribution < 1.29 is 25.2 Å². The Balaban J connectivity index is 3.64. The van der Waals surface area contributed by atoms with Gasteiger partial charge in [-0.05, 0) is 38.5 Å². The fourth-order valence-corrected chi connectivity index (χ4v) is 7.11. The van der Waals surface area contributed by atoms with Gasteiger partial charge in [0, 0.05) is 0 Å². The Hall–Kier alpha value is -0.950. The van der Waals surface area contributed by atoms with Gasteiger partial charge in [0.1, 0.15) is 12.2 Å². The van der Waals surface area contributed by atoms with Crippen molar-refractivity contribution in [2.24, 2.45) is 0 Å². The van der Waals surface area contributed by atoms with E-state index in [2.05, 4.69) is 31.3 Å². The summed E-state index contributed by atoms with van der Waals surface area (Å²) in [4.78, 5) is 12.5. The zero-order chi connectivity index (χ0) is 37.5. The zero-order valence-corrected chi connectivity index (χ0v) is 34.1. The summed E-state index contributed by atoms with van der Waals surface area (Å²) in [5, 5.41) is 43.5. The Bertz CT molecular complexity index is 731. The summed E-state index contributed by atoms with van der Waals surface area (Å²) in [6.45, 7) is 4.04. The second-order valence-corrected chi connectivity index (χ2v) is 15.8. The Labute approximate surface area is 317 Å². The van der Waals surface area contributed by atoms with Crippen LogP contribution in [0.3, 0.4) is 0 Å². The van der Waals surface area contributed by atoms with Gasteiger partial charge in [-0.3, -0.25) is 4.79 Å². The van der Waals surface area contributed by atoms with Gasteiger partial charge >= 0.3 is 0 Å². The highest BCUT2D eigenvalue weighted by Crippen LogP contribution is 2.16. The lowest BCUT2D eigenvalue weighted by Gasteiger charge is -2.27. The van der Waals surface area contributed by atoms with Crippen molar-refractivity contribution >= 4 is 5.91 Å². The first kappa shape index (κ1) is 50.1. The number of allylic oxidation sites excluding steroid dienone is 2. The number of rotatable bonds is 41. The zero-order valence-electron chi connectivity index (χ0n) is 34.1. The van der Waals surface area contributed by atoms with Crippen LogP contribution in [-0.2, 0) is 4.79 Å². The maximum atomic E-state index is 12.5. The quantitative estimate of drug-likeness (QED) is 0.0319. The lowest BCUT2D eigenvalue weighted by atomic mass is 9.99. The summed E-state index contributed by atoms with van der Waals surface area (Å²) in [7, 11) is 0. The summed E-state index contributed by atoms with van der Waals surface area (Å²) < 4.78 is 0. The molecule has 0 aromatic carbocycles. The number of aliphatic hydroxyl groups excluding tert-OH is 4. The Morgan fingerprint density at radius 3 is 1.14 bits per heavy atom. The van der Waals surface area contributed by atoms with Crippen molar-refractivity contribution in [2.75, 3.05) is 6.61 Å². The van der Waals surface area contributed by atoms with Crippen molar-refractivity contribution in [2.45, 2.75) is 263 Å². The molecule has 0 aromatic rings. The van der Waals surface area contributed by atoms with E-state index in [1.165, 1.54) is 173 Å². The van der Waals surface area contributed by atoms with Crippen LogP contribution in [0, 0.1) is 0 Å². The topological polar surface area (TPSA) is 110 Å². The van der Waals surface area contributed by atoms with Crippen LogP contribution >= 0.6 is 0 Å². The van der Waals surface area contributed by atoms with Gasteiger partial charge in [-0.25, -0.2) is 0 Å². The second-order valence-electron chi connectivity index (χ2n) is 15.8. The number of nitrogens with one attached hydrogen (secondary N) is 1. The van der Waals surface area contributed by atoms with E-state index in [0.29, 0.717) is 12.8 Å². The monoisotopic (exact) mass is 724 g/mol. The minimum Gasteiger partial charge on any atom is -0.394 e. The molecule has 0 rings (SSSR count). The molecule has 6 nitrogen and oxygen atoms in total. The molecular formula is C45H89NO5. The van der Waals surface area contributed by atoms with E-state index in [9.17, 15) is 25.2 Å². The molecular weight excluding hydrogens is 634 g/mol. The SMILES string of the molecule is CCCCCCCCCCCCCC/C=C\CCCCCCCCCCCC(O)C(=O)NC(CO)C(O)C(O)CCCCCCCCCCCC. The summed E-state index contributed by atoms with van der Waals surface area (Å²) >= 11 is 0. The predicted molar refractivity (Wildman–Crippen MR) is 219 cm³/mol. The summed E-state index contributed by atoms with van der Waals surface area (Å²) in [5.41, 5.74) is 0. The summed E-state index contributed by atoms with van der Waals surface area (Å²) in [6, 6.07) is -0.981. The Kier molecular flexibility index (Phi) is 39.5. The molecule has 4 atom stereocenters. The van der Waals surface area contributed by atoms with Gasteiger partial charge in [0.25, 0.3) is 0 Å². The molecule has 0 saturated carbocycles. The van der Waals surface area contributed by atoms with Crippen LogP contribution in [0.25, 0.3) is 0 Å². The van der Waals surface area contributed by atoms with Crippen molar-refractivity contribution in [3.63, 3.8) is 0 Å². The fraction of sp³-hybridized carbons (Fsp3) is 0.933. The van der Waals surface area contributed by atoms with E-state index in [1.54, 1.807) is 0 Å². The lowest BCUT2D eigenvalue weighted by molar-refractivity contribution is -0.132. The van der Waals surface area contributed by atoms with Gasteiger partial charge < -0.3 is 25.7 Å². The largest absolute Gasteiger partial charge is 0.394 e. The average Bonchev–Trinajstić information content (AvgIpc) is 3.13. The van der Waals surface area contributed by atoms with E-state index in [-0.39, 0.29) is 0 Å². The first-order valence-electron chi connectivity index (χ1n) is 22.6. The number of amides is 1. The van der Waals surface area contributed by atoms with Crippen LogP contribution in [-0.4, -0.2) is 57.3 Å². The van der Waals surface area contributed by atoms with Crippen molar-refractivity contribution in [3.8, 4) is 0 Å². The number of hydrogen-bond donors (Lipinski definition) is 5. The number of aliphatic hydroxyl groups is 4. The van der Waals surface area contributed by atoms with Gasteiger partial charge in [-0.15, -0.1) is 0 Å². The van der Waals surface area contributed by atoms with E-state index in [4.69, 9.17) is 0 Å². The van der Waals surface area contributed by atoms with Crippen LogP contribution in [0.5, 0.6) is 0 Å². The molecule has 0 aromatic heterocycles. The highest BCUT2D eigenvalue weighted by molar-refractivity contribution is 5.80. The van der Waals surface area contributed by atoms with Crippen LogP contribution in [0.2, 0.25) is 0 Å². The smallest absolute Gasteiger partial charge is 0.249 e. The number of unbranched alkanes of at least 4 members (excludes halogenated alkanes) is 30. The van der Waals surface area contributed by atoms with Gasteiger partial charge in [0.2, 0.25) is 5.91 Å². The highest BCUT2D eigenvalue weighted by atomic mass is 16.3. The molecule has 0 saturated heterocycles. The predicted octanol–water partition coefficient (Wildman–Crippen LogP) is 11.8. The van der Waals surface area contributed by atoms with Gasteiger partial charge in [0.05, 0.1) is 18.8 Å². The van der Waals surface area contributed by atoms with Crippen LogP contribution in [0.1, 0.15) is 239 Å². The molecule has 6 heteroatoms. The lowest BCUT2D eigenvalue weighted by Crippen LogP contribution is -2.53. The third kappa shape index (κ3) is 34.6. The van der Waals surface area contributed by atoms with Gasteiger partial charge in [-0.2, -0.15) is 0 Å². The van der Waals surface area contributed by atoms with E-state index in [1.807, 2.05) is 0 Å². The van der Waals surface area contributed by atoms with Crippen LogP contribution in [0.4, 0.5) is 0 Å². The van der Waals surface area contributed by atoms with E-state index >= 15 is 0 Å². The standard InChI is InChI=1S/C45H89NO5/c1-3-5-7-9-11-13-15-16-17-18-19-20-21-22-23-24-25-26-27-28-29-31-33-35-37-39-43(49)45(51)46-41(40-47)44(50)42(48)38-36-34-32-30-14-12-10-8-6-4-2/h22-23,41-44,47-50H,3-21,24-40H2,1-2H3,(H,46,51)/b23-22-. The van der Waals surface area contributed by atoms with Crippen LogP contribution in [0.15, 0.2) is 12.2 Å². The molecule has 1 amide bonds. The Morgan fingerprint density at radius 1 is 0.471 bits per heavy atom. The van der Waals surface area contributed by atoms with Gasteiger partial charge in [0.15, 0.2) is 0 Å². The highest BCUT2D eigenvalue weighted by Gasteiger charge is 2.28. The molecule has 0 aliphatic heterocycles. The minimum atomic E-state index is -1.25.